The number of aryl methyl sites for hydroxylation is 1. The minimum absolute atomic E-state index is 0.0615. The highest BCUT2D eigenvalue weighted by Crippen LogP contribution is 2.47. The number of benzene rings is 1. The van der Waals surface area contributed by atoms with Gasteiger partial charge in [0.05, 0.1) is 0 Å². The molecule has 1 aromatic carbocycles. The highest BCUT2D eigenvalue weighted by atomic mass is 19.1. The third kappa shape index (κ3) is 3.22. The molecule has 1 nitrogen and oxygen atoms in total. The zero-order valence-corrected chi connectivity index (χ0v) is 13.2. The molecule has 0 aromatic heterocycles. The van der Waals surface area contributed by atoms with Gasteiger partial charge in [-0.15, -0.1) is 0 Å². The Morgan fingerprint density at radius 1 is 1.25 bits per heavy atom. The van der Waals surface area contributed by atoms with E-state index in [-0.39, 0.29) is 17.2 Å². The second kappa shape index (κ2) is 5.85. The first kappa shape index (κ1) is 15.5. The third-order valence-corrected chi connectivity index (χ3v) is 5.07. The Hall–Kier alpha value is -0.890. The predicted molar refractivity (Wildman–Crippen MR) is 83.2 cm³/mol. The molecule has 1 aliphatic rings. The van der Waals surface area contributed by atoms with E-state index in [1.165, 1.54) is 6.42 Å². The van der Waals surface area contributed by atoms with Crippen molar-refractivity contribution in [3.63, 3.8) is 0 Å². The summed E-state index contributed by atoms with van der Waals surface area (Å²) in [7, 11) is 0. The smallest absolute Gasteiger partial charge is 0.126 e. The van der Waals surface area contributed by atoms with Gasteiger partial charge in [0.25, 0.3) is 0 Å². The molecule has 20 heavy (non-hydrogen) atoms. The van der Waals surface area contributed by atoms with Gasteiger partial charge in [-0.2, -0.15) is 0 Å². The zero-order chi connectivity index (χ0) is 14.9. The molecule has 3 atom stereocenters. The van der Waals surface area contributed by atoms with Gasteiger partial charge in [-0.05, 0) is 67.5 Å². The molecule has 2 N–H and O–H groups in total. The minimum atomic E-state index is -0.0615. The van der Waals surface area contributed by atoms with Crippen molar-refractivity contribution in [1.82, 2.24) is 0 Å². The van der Waals surface area contributed by atoms with E-state index in [4.69, 9.17) is 5.73 Å². The van der Waals surface area contributed by atoms with Crippen LogP contribution in [0.1, 0.15) is 57.1 Å². The van der Waals surface area contributed by atoms with Crippen LogP contribution in [0.2, 0.25) is 0 Å². The molecule has 3 unspecified atom stereocenters. The van der Waals surface area contributed by atoms with Gasteiger partial charge in [-0.25, -0.2) is 4.39 Å². The Morgan fingerprint density at radius 3 is 2.55 bits per heavy atom. The van der Waals surface area contributed by atoms with Crippen LogP contribution in [0.15, 0.2) is 18.2 Å². The van der Waals surface area contributed by atoms with Crippen molar-refractivity contribution >= 4 is 0 Å². The molecular weight excluding hydrogens is 249 g/mol. The second-order valence-corrected chi connectivity index (χ2v) is 7.50. The molecule has 2 rings (SSSR count). The first-order chi connectivity index (χ1) is 9.32. The van der Waals surface area contributed by atoms with E-state index in [0.717, 1.165) is 24.0 Å². The van der Waals surface area contributed by atoms with E-state index < -0.39 is 0 Å². The summed E-state index contributed by atoms with van der Waals surface area (Å²) in [4.78, 5) is 0. The van der Waals surface area contributed by atoms with E-state index in [1.807, 2.05) is 19.1 Å². The van der Waals surface area contributed by atoms with E-state index in [0.29, 0.717) is 18.4 Å². The topological polar surface area (TPSA) is 26.0 Å². The average Bonchev–Trinajstić information content (AvgIpc) is 2.40. The van der Waals surface area contributed by atoms with Crippen molar-refractivity contribution in [2.24, 2.45) is 23.0 Å². The van der Waals surface area contributed by atoms with Crippen LogP contribution in [0.5, 0.6) is 0 Å². The van der Waals surface area contributed by atoms with Crippen molar-refractivity contribution in [3.8, 4) is 0 Å². The van der Waals surface area contributed by atoms with Crippen molar-refractivity contribution < 1.29 is 4.39 Å². The largest absolute Gasteiger partial charge is 0.330 e. The molecule has 1 aromatic rings. The first-order valence-corrected chi connectivity index (χ1v) is 7.79. The van der Waals surface area contributed by atoms with Gasteiger partial charge in [-0.3, -0.25) is 0 Å². The van der Waals surface area contributed by atoms with Crippen LogP contribution in [-0.4, -0.2) is 6.54 Å². The summed E-state index contributed by atoms with van der Waals surface area (Å²) in [6, 6.07) is 5.48. The molecule has 0 spiro atoms. The number of nitrogens with two attached hydrogens (primary N) is 1. The van der Waals surface area contributed by atoms with Crippen LogP contribution in [0.25, 0.3) is 0 Å². The monoisotopic (exact) mass is 277 g/mol. The van der Waals surface area contributed by atoms with E-state index in [2.05, 4.69) is 20.8 Å². The second-order valence-electron chi connectivity index (χ2n) is 7.50. The van der Waals surface area contributed by atoms with Gasteiger partial charge >= 0.3 is 0 Å². The summed E-state index contributed by atoms with van der Waals surface area (Å²) >= 11 is 0. The molecule has 1 saturated carbocycles. The standard InChI is InChI=1S/C18H28FN/c1-12-5-8-17(19)16(9-12)15-10-14(18(2,3)4)7-6-13(15)11-20/h5,8-9,13-15H,6-7,10-11,20H2,1-4H3. The lowest BCUT2D eigenvalue weighted by molar-refractivity contribution is 0.131. The maximum atomic E-state index is 14.2. The van der Waals surface area contributed by atoms with E-state index in [1.54, 1.807) is 6.07 Å². The van der Waals surface area contributed by atoms with Crippen molar-refractivity contribution in [3.05, 3.63) is 35.1 Å². The first-order valence-electron chi connectivity index (χ1n) is 7.79. The van der Waals surface area contributed by atoms with Crippen LogP contribution in [0.4, 0.5) is 4.39 Å². The van der Waals surface area contributed by atoms with Gasteiger partial charge in [0, 0.05) is 0 Å². The summed E-state index contributed by atoms with van der Waals surface area (Å²) < 4.78 is 14.2. The number of halogens is 1. The van der Waals surface area contributed by atoms with Gasteiger partial charge in [0.2, 0.25) is 0 Å². The van der Waals surface area contributed by atoms with Crippen LogP contribution < -0.4 is 5.73 Å². The van der Waals surface area contributed by atoms with Crippen molar-refractivity contribution in [2.45, 2.75) is 52.9 Å². The normalized spacial score (nSPS) is 27.6. The highest BCUT2D eigenvalue weighted by Gasteiger charge is 2.36. The molecule has 0 amide bonds. The summed E-state index contributed by atoms with van der Waals surface area (Å²) in [6.07, 6.45) is 3.40. The van der Waals surface area contributed by atoms with Gasteiger partial charge in [0.15, 0.2) is 0 Å². The number of hydrogen-bond donors (Lipinski definition) is 1. The molecule has 1 fully saturated rings. The molecule has 0 bridgehead atoms. The Kier molecular flexibility index (Phi) is 4.53. The molecule has 2 heteroatoms. The average molecular weight is 277 g/mol. The summed E-state index contributed by atoms with van der Waals surface area (Å²) in [5.74, 6) is 1.28. The van der Waals surface area contributed by atoms with Crippen molar-refractivity contribution in [2.75, 3.05) is 6.54 Å². The van der Waals surface area contributed by atoms with Gasteiger partial charge < -0.3 is 5.73 Å². The molecule has 1 aliphatic carbocycles. The lowest BCUT2D eigenvalue weighted by Gasteiger charge is -2.42. The fourth-order valence-corrected chi connectivity index (χ4v) is 3.63. The fourth-order valence-electron chi connectivity index (χ4n) is 3.63. The lowest BCUT2D eigenvalue weighted by Crippen LogP contribution is -2.34. The van der Waals surface area contributed by atoms with Crippen LogP contribution >= 0.6 is 0 Å². The highest BCUT2D eigenvalue weighted by molar-refractivity contribution is 5.28. The molecule has 0 radical (unpaired) electrons. The number of rotatable bonds is 2. The Balaban J connectivity index is 2.32. The maximum absolute atomic E-state index is 14.2. The summed E-state index contributed by atoms with van der Waals surface area (Å²) in [6.45, 7) is 9.58. The predicted octanol–water partition coefficient (Wildman–Crippen LogP) is 4.64. The lowest BCUT2D eigenvalue weighted by atomic mass is 9.64. The SMILES string of the molecule is Cc1ccc(F)c(C2CC(C(C)(C)C)CCC2CN)c1. The van der Waals surface area contributed by atoms with Crippen molar-refractivity contribution in [1.29, 1.82) is 0 Å². The zero-order valence-electron chi connectivity index (χ0n) is 13.2. The molecular formula is C18H28FN. The van der Waals surface area contributed by atoms with E-state index >= 15 is 0 Å². The maximum Gasteiger partial charge on any atom is 0.126 e. The summed E-state index contributed by atoms with van der Waals surface area (Å²) in [5.41, 5.74) is 8.26. The minimum Gasteiger partial charge on any atom is -0.330 e. The Labute approximate surface area is 122 Å². The van der Waals surface area contributed by atoms with E-state index in [9.17, 15) is 4.39 Å². The van der Waals surface area contributed by atoms with Crippen LogP contribution in [0, 0.1) is 30.0 Å². The van der Waals surface area contributed by atoms with Crippen LogP contribution in [-0.2, 0) is 0 Å². The van der Waals surface area contributed by atoms with Crippen LogP contribution in [0.3, 0.4) is 0 Å². The molecule has 0 saturated heterocycles. The summed E-state index contributed by atoms with van der Waals surface area (Å²) in [5, 5.41) is 0. The number of hydrogen-bond acceptors (Lipinski definition) is 1. The molecule has 112 valence electrons. The molecule has 0 aliphatic heterocycles. The van der Waals surface area contributed by atoms with Gasteiger partial charge in [-0.1, -0.05) is 38.5 Å². The molecule has 0 heterocycles. The fraction of sp³-hybridized carbons (Fsp3) is 0.667. The van der Waals surface area contributed by atoms with Gasteiger partial charge in [0.1, 0.15) is 5.82 Å². The Bertz CT molecular complexity index is 461. The Morgan fingerprint density at radius 2 is 1.95 bits per heavy atom. The third-order valence-electron chi connectivity index (χ3n) is 5.07. The quantitative estimate of drug-likeness (QED) is 0.837.